The standard InChI is InChI=1S/C20H21N3O2/c21-14-16-6-8-19(9-7-16)23-12-10-18(11-13-23)22-20(24)25-15-17-4-2-1-3-5-17/h1-9,18H,10-13,15H2,(H,22,24). The number of ether oxygens (including phenoxy) is 1. The minimum atomic E-state index is -0.360. The third kappa shape index (κ3) is 4.74. The van der Waals surface area contributed by atoms with Crippen LogP contribution in [0.4, 0.5) is 10.5 Å². The van der Waals surface area contributed by atoms with Crippen molar-refractivity contribution in [3.63, 3.8) is 0 Å². The molecular weight excluding hydrogens is 314 g/mol. The maximum absolute atomic E-state index is 11.9. The molecular formula is C20H21N3O2. The number of anilines is 1. The fourth-order valence-electron chi connectivity index (χ4n) is 2.96. The summed E-state index contributed by atoms with van der Waals surface area (Å²) in [6.45, 7) is 2.03. The molecule has 1 aliphatic rings. The Hall–Kier alpha value is -3.00. The van der Waals surface area contributed by atoms with Crippen molar-refractivity contribution in [3.05, 3.63) is 65.7 Å². The molecule has 1 N–H and O–H groups in total. The Labute approximate surface area is 147 Å². The molecule has 3 rings (SSSR count). The molecule has 0 atom stereocenters. The second-order valence-corrected chi connectivity index (χ2v) is 6.13. The first kappa shape index (κ1) is 16.8. The Morgan fingerprint density at radius 1 is 1.12 bits per heavy atom. The first-order chi connectivity index (χ1) is 12.2. The van der Waals surface area contributed by atoms with Crippen molar-refractivity contribution in [3.8, 4) is 6.07 Å². The Bertz CT molecular complexity index is 730. The van der Waals surface area contributed by atoms with Crippen LogP contribution in [0.1, 0.15) is 24.0 Å². The minimum absolute atomic E-state index is 0.137. The molecule has 0 saturated carbocycles. The number of hydrogen-bond donors (Lipinski definition) is 1. The lowest BCUT2D eigenvalue weighted by atomic mass is 10.0. The molecule has 2 aromatic carbocycles. The van der Waals surface area contributed by atoms with Crippen LogP contribution in [-0.4, -0.2) is 25.2 Å². The highest BCUT2D eigenvalue weighted by Crippen LogP contribution is 2.20. The number of rotatable bonds is 4. The van der Waals surface area contributed by atoms with Gasteiger partial charge in [0.2, 0.25) is 0 Å². The smallest absolute Gasteiger partial charge is 0.407 e. The van der Waals surface area contributed by atoms with Crippen LogP contribution in [-0.2, 0) is 11.3 Å². The highest BCUT2D eigenvalue weighted by atomic mass is 16.5. The Morgan fingerprint density at radius 3 is 2.44 bits per heavy atom. The van der Waals surface area contributed by atoms with Gasteiger partial charge in [0.15, 0.2) is 0 Å². The third-order valence-corrected chi connectivity index (χ3v) is 4.39. The van der Waals surface area contributed by atoms with Gasteiger partial charge in [-0.3, -0.25) is 0 Å². The molecule has 0 spiro atoms. The number of piperidine rings is 1. The molecule has 2 aromatic rings. The van der Waals surface area contributed by atoms with Crippen LogP contribution in [0.2, 0.25) is 0 Å². The average Bonchev–Trinajstić information content (AvgIpc) is 2.68. The minimum Gasteiger partial charge on any atom is -0.445 e. The van der Waals surface area contributed by atoms with Crippen molar-refractivity contribution in [2.45, 2.75) is 25.5 Å². The SMILES string of the molecule is N#Cc1ccc(N2CCC(NC(=O)OCc3ccccc3)CC2)cc1. The van der Waals surface area contributed by atoms with Crippen LogP contribution in [0, 0.1) is 11.3 Å². The van der Waals surface area contributed by atoms with Crippen LogP contribution < -0.4 is 10.2 Å². The van der Waals surface area contributed by atoms with Gasteiger partial charge in [-0.05, 0) is 42.7 Å². The molecule has 1 amide bonds. The second-order valence-electron chi connectivity index (χ2n) is 6.13. The zero-order valence-corrected chi connectivity index (χ0v) is 14.0. The molecule has 0 aromatic heterocycles. The number of nitriles is 1. The van der Waals surface area contributed by atoms with E-state index in [9.17, 15) is 4.79 Å². The molecule has 0 radical (unpaired) electrons. The summed E-state index contributed by atoms with van der Waals surface area (Å²) >= 11 is 0. The second kappa shape index (κ2) is 8.20. The summed E-state index contributed by atoms with van der Waals surface area (Å²) in [5.41, 5.74) is 2.76. The van der Waals surface area contributed by atoms with Crippen LogP contribution in [0.15, 0.2) is 54.6 Å². The van der Waals surface area contributed by atoms with E-state index in [4.69, 9.17) is 10.00 Å². The molecule has 0 aliphatic carbocycles. The first-order valence-corrected chi connectivity index (χ1v) is 8.47. The molecule has 0 unspecified atom stereocenters. The number of hydrogen-bond acceptors (Lipinski definition) is 4. The molecule has 1 heterocycles. The number of alkyl carbamates (subject to hydrolysis) is 1. The van der Waals surface area contributed by atoms with Gasteiger partial charge in [0, 0.05) is 24.8 Å². The normalized spacial score (nSPS) is 14.6. The van der Waals surface area contributed by atoms with E-state index in [0.29, 0.717) is 5.56 Å². The predicted octanol–water partition coefficient (Wildman–Crippen LogP) is 3.45. The average molecular weight is 335 g/mol. The largest absolute Gasteiger partial charge is 0.445 e. The lowest BCUT2D eigenvalue weighted by Crippen LogP contribution is -2.44. The summed E-state index contributed by atoms with van der Waals surface area (Å²) in [5, 5.41) is 11.8. The van der Waals surface area contributed by atoms with E-state index in [1.807, 2.05) is 54.6 Å². The van der Waals surface area contributed by atoms with Crippen molar-refractivity contribution >= 4 is 11.8 Å². The summed E-state index contributed by atoms with van der Waals surface area (Å²) in [4.78, 5) is 14.2. The first-order valence-electron chi connectivity index (χ1n) is 8.47. The van der Waals surface area contributed by atoms with Crippen LogP contribution >= 0.6 is 0 Å². The Balaban J connectivity index is 1.42. The molecule has 5 heteroatoms. The Kier molecular flexibility index (Phi) is 5.53. The van der Waals surface area contributed by atoms with Crippen LogP contribution in [0.25, 0.3) is 0 Å². The van der Waals surface area contributed by atoms with E-state index >= 15 is 0 Å². The van der Waals surface area contributed by atoms with Crippen molar-refractivity contribution < 1.29 is 9.53 Å². The lowest BCUT2D eigenvalue weighted by Gasteiger charge is -2.33. The fourth-order valence-corrected chi connectivity index (χ4v) is 2.96. The van der Waals surface area contributed by atoms with Crippen LogP contribution in [0.3, 0.4) is 0 Å². The van der Waals surface area contributed by atoms with E-state index in [-0.39, 0.29) is 18.7 Å². The molecule has 1 saturated heterocycles. The Morgan fingerprint density at radius 2 is 1.80 bits per heavy atom. The van der Waals surface area contributed by atoms with Crippen molar-refractivity contribution in [2.75, 3.05) is 18.0 Å². The third-order valence-electron chi connectivity index (χ3n) is 4.39. The van der Waals surface area contributed by atoms with E-state index in [0.717, 1.165) is 37.2 Å². The fraction of sp³-hybridized carbons (Fsp3) is 0.300. The number of carbonyl (C=O) groups excluding carboxylic acids is 1. The van der Waals surface area contributed by atoms with Gasteiger partial charge in [0.25, 0.3) is 0 Å². The van der Waals surface area contributed by atoms with Gasteiger partial charge in [-0.25, -0.2) is 4.79 Å². The van der Waals surface area contributed by atoms with Gasteiger partial charge in [-0.1, -0.05) is 30.3 Å². The van der Waals surface area contributed by atoms with Crippen molar-refractivity contribution in [1.29, 1.82) is 5.26 Å². The van der Waals surface area contributed by atoms with E-state index in [1.165, 1.54) is 0 Å². The molecule has 1 aliphatic heterocycles. The van der Waals surface area contributed by atoms with Crippen LogP contribution in [0.5, 0.6) is 0 Å². The highest BCUT2D eigenvalue weighted by Gasteiger charge is 2.21. The lowest BCUT2D eigenvalue weighted by molar-refractivity contribution is 0.134. The van der Waals surface area contributed by atoms with E-state index in [2.05, 4.69) is 16.3 Å². The summed E-state index contributed by atoms with van der Waals surface area (Å²) < 4.78 is 5.27. The van der Waals surface area contributed by atoms with Gasteiger partial charge in [-0.15, -0.1) is 0 Å². The number of carbonyl (C=O) groups is 1. The molecule has 0 bridgehead atoms. The van der Waals surface area contributed by atoms with Gasteiger partial charge in [0.1, 0.15) is 6.61 Å². The zero-order chi connectivity index (χ0) is 17.5. The molecule has 1 fully saturated rings. The topological polar surface area (TPSA) is 65.4 Å². The maximum atomic E-state index is 11.9. The van der Waals surface area contributed by atoms with Crippen molar-refractivity contribution in [2.24, 2.45) is 0 Å². The quantitative estimate of drug-likeness (QED) is 0.929. The molecule has 5 nitrogen and oxygen atoms in total. The monoisotopic (exact) mass is 335 g/mol. The summed E-state index contributed by atoms with van der Waals surface area (Å²) in [6, 6.07) is 19.5. The zero-order valence-electron chi connectivity index (χ0n) is 14.0. The number of nitrogens with zero attached hydrogens (tertiary/aromatic N) is 2. The number of benzene rings is 2. The summed E-state index contributed by atoms with van der Waals surface area (Å²) in [6.07, 6.45) is 1.39. The number of nitrogens with one attached hydrogen (secondary N) is 1. The maximum Gasteiger partial charge on any atom is 0.407 e. The molecule has 128 valence electrons. The van der Waals surface area contributed by atoms with Gasteiger partial charge in [0.05, 0.1) is 11.6 Å². The highest BCUT2D eigenvalue weighted by molar-refractivity contribution is 5.67. The van der Waals surface area contributed by atoms with Gasteiger partial charge in [-0.2, -0.15) is 5.26 Å². The summed E-state index contributed by atoms with van der Waals surface area (Å²) in [7, 11) is 0. The van der Waals surface area contributed by atoms with Crippen molar-refractivity contribution in [1.82, 2.24) is 5.32 Å². The van der Waals surface area contributed by atoms with Gasteiger partial charge >= 0.3 is 6.09 Å². The molecule has 25 heavy (non-hydrogen) atoms. The predicted molar refractivity (Wildman–Crippen MR) is 96.2 cm³/mol. The van der Waals surface area contributed by atoms with E-state index < -0.39 is 0 Å². The van der Waals surface area contributed by atoms with E-state index in [1.54, 1.807) is 0 Å². The summed E-state index contributed by atoms with van der Waals surface area (Å²) in [5.74, 6) is 0. The van der Waals surface area contributed by atoms with Gasteiger partial charge < -0.3 is 15.0 Å². The number of amides is 1.